The summed E-state index contributed by atoms with van der Waals surface area (Å²) >= 11 is 6.10. The van der Waals surface area contributed by atoms with Crippen LogP contribution >= 0.6 is 11.6 Å². The largest absolute Gasteiger partial charge is 0.384 e. The van der Waals surface area contributed by atoms with Crippen molar-refractivity contribution in [2.45, 2.75) is 174 Å². The predicted molar refractivity (Wildman–Crippen MR) is 542 cm³/mol. The highest BCUT2D eigenvalue weighted by atomic mass is 35.5. The summed E-state index contributed by atoms with van der Waals surface area (Å²) in [4.78, 5) is 203. The van der Waals surface area contributed by atoms with Gasteiger partial charge in [0.15, 0.2) is 0 Å². The first kappa shape index (κ1) is 107. The van der Waals surface area contributed by atoms with Gasteiger partial charge in [0.1, 0.15) is 59.1 Å². The molecule has 0 radical (unpaired) electrons. The molecule has 3 aromatic carbocycles. The van der Waals surface area contributed by atoms with E-state index in [4.69, 9.17) is 39.3 Å². The van der Waals surface area contributed by atoms with Crippen LogP contribution in [0.4, 0.5) is 75.0 Å². The van der Waals surface area contributed by atoms with E-state index < -0.39 is 137 Å². The molecule has 5 fully saturated rings. The zero-order valence-electron chi connectivity index (χ0n) is 83.9. The number of nitrogens with one attached hydrogen (secondary N) is 4. The molecule has 41 nitrogen and oxygen atoms in total. The van der Waals surface area contributed by atoms with E-state index >= 15 is 0 Å². The number of rotatable bonds is 28. The maximum atomic E-state index is 14.6. The zero-order valence-corrected chi connectivity index (χ0v) is 84.7. The molecule has 8 aromatic heterocycles. The number of aryl methyl sites for hydroxylation is 7. The lowest BCUT2D eigenvalue weighted by molar-refractivity contribution is -0.156. The fourth-order valence-electron chi connectivity index (χ4n) is 19.0. The molecule has 0 aliphatic carbocycles. The van der Waals surface area contributed by atoms with Crippen LogP contribution in [0.2, 0.25) is 5.02 Å². The van der Waals surface area contributed by atoms with Crippen molar-refractivity contribution < 1.29 is 71.1 Å². The summed E-state index contributed by atoms with van der Waals surface area (Å²) in [7, 11) is 13.3. The van der Waals surface area contributed by atoms with E-state index in [2.05, 4.69) is 61.1 Å². The lowest BCUT2D eigenvalue weighted by Gasteiger charge is -2.46. The lowest BCUT2D eigenvalue weighted by Crippen LogP contribution is -2.71. The number of imide groups is 4. The number of ether oxygens (including phenoxy) is 1. The summed E-state index contributed by atoms with van der Waals surface area (Å²) in [6.07, 6.45) is 23.5. The van der Waals surface area contributed by atoms with Crippen molar-refractivity contribution in [1.29, 1.82) is 0 Å². The number of hydrogen-bond acceptors (Lipinski definition) is 25. The van der Waals surface area contributed by atoms with Gasteiger partial charge in [-0.2, -0.15) is 0 Å². The normalized spacial score (nSPS) is 19.0. The predicted octanol–water partition coefficient (Wildman–Crippen LogP) is 10.2. The lowest BCUT2D eigenvalue weighted by atomic mass is 9.81. The van der Waals surface area contributed by atoms with E-state index in [0.717, 1.165) is 77.8 Å². The average molecular weight is 2020 g/mol. The minimum atomic E-state index is -1.08. The Balaban J connectivity index is 0.000000163. The quantitative estimate of drug-likeness (QED) is 0.0211. The number of amides is 16. The molecule has 16 amide bonds. The Kier molecular flexibility index (Phi) is 34.6. The number of hydrogen-bond donors (Lipinski definition) is 8. The van der Waals surface area contributed by atoms with Gasteiger partial charge >= 0.3 is 24.1 Å². The zero-order chi connectivity index (χ0) is 106. The first-order valence-corrected chi connectivity index (χ1v) is 48.3. The first-order valence-electron chi connectivity index (χ1n) is 47.9. The smallest absolute Gasteiger partial charge is 0.325 e. The van der Waals surface area contributed by atoms with Gasteiger partial charge in [0.25, 0.3) is 23.6 Å². The first-order chi connectivity index (χ1) is 69.6. The maximum absolute atomic E-state index is 14.6. The molecule has 12 N–H and O–H groups in total. The fraction of sp³-hybridized carbons (Fsp3) is 0.392. The molecule has 13 heterocycles. The van der Waals surface area contributed by atoms with E-state index in [1.807, 2.05) is 39.8 Å². The van der Waals surface area contributed by atoms with E-state index in [1.165, 1.54) is 44.0 Å². The standard InChI is InChI=1S/C26H30ClN7O3.2C26H30FN7O3.C24H33N7O4/c1-5-20(18-7-6-17(27)12-15(18)2)31-26(37)34-22(24(36)33(4)25-30-10-11-32(25)3)19(23(34)35)13-16-8-9-29-21(28)14-16;1-5-20(17-7-6-15(2)12-19(17)27)31-26(37)34-22(24(36)33(4)25-30-10-11-32(25)3)18(23(34)35)13-16-8-9-29-21(28)14-16;1-5-20(17-7-6-8-18(27)14-17)31-26(37)34-22(24(36)33(4)25-29-9-10-32(25)3)19(23(34)35)12-16-11-15(2)30-21(28)13-16;1-4-17(18-7-5-6-12-35-18)28-24(34)31-20(22(33)30(3)23-27-10-11-29(23)2)16(21(31)32)13-15-8-9-26-19(25)14-15/h6-12,14,19-20,22H,5,13H2,1-4H3,(H2,28,29)(H,31,37);6-12,14,18,20,22H,5,13H2,1-4H3,(H2,28,29)(H,31,37);6-11,13-14,19-20,22H,5,12H2,1-4H3,(H2,28,30)(H,31,37);8-11,14,16-18,20H,4-7,12-13H2,1-3H3,(H2,25,26)(H,28,34)/t19-,20-,22+;18-,20-,22+;19-,20-,22+;16-,17-,18?,20+/m1111/s1. The number of urea groups is 4. The Morgan fingerprint density at radius 3 is 1.13 bits per heavy atom. The molecule has 5 saturated heterocycles. The van der Waals surface area contributed by atoms with E-state index in [0.29, 0.717) is 95.4 Å². The van der Waals surface area contributed by atoms with Crippen LogP contribution in [0.15, 0.2) is 177 Å². The number of pyridine rings is 4. The number of nitrogens with zero attached hydrogens (tertiary/aromatic N) is 20. The molecule has 146 heavy (non-hydrogen) atoms. The molecule has 5 aliphatic heterocycles. The summed E-state index contributed by atoms with van der Waals surface area (Å²) in [5.74, 6) is -4.61. The third-order valence-corrected chi connectivity index (χ3v) is 27.0. The van der Waals surface area contributed by atoms with Gasteiger partial charge in [-0.1, -0.05) is 69.6 Å². The molecule has 0 saturated carbocycles. The fourth-order valence-corrected chi connectivity index (χ4v) is 19.2. The summed E-state index contributed by atoms with van der Waals surface area (Å²) in [5.41, 5.74) is 30.4. The molecule has 5 aliphatic rings. The minimum Gasteiger partial charge on any atom is -0.384 e. The molecule has 1 unspecified atom stereocenters. The van der Waals surface area contributed by atoms with Crippen LogP contribution in [0.25, 0.3) is 0 Å². The van der Waals surface area contributed by atoms with Crippen LogP contribution in [-0.4, -0.2) is 220 Å². The highest BCUT2D eigenvalue weighted by molar-refractivity contribution is 6.30. The van der Waals surface area contributed by atoms with Crippen molar-refractivity contribution in [3.05, 3.63) is 250 Å². The topological polar surface area (TPSA) is 515 Å². The van der Waals surface area contributed by atoms with E-state index in [9.17, 15) is 66.3 Å². The number of β-lactam (4-membered cyclic amide) rings is 4. The van der Waals surface area contributed by atoms with Crippen molar-refractivity contribution in [2.24, 2.45) is 51.9 Å². The highest BCUT2D eigenvalue weighted by Crippen LogP contribution is 2.40. The Labute approximate surface area is 848 Å². The molecule has 44 heteroatoms. The summed E-state index contributed by atoms with van der Waals surface area (Å²) in [6, 6.07) is 21.2. The number of aromatic nitrogens is 12. The Bertz CT molecular complexity index is 6440. The maximum Gasteiger partial charge on any atom is 0.325 e. The molecular formula is C102H123ClF2N28O13. The summed E-state index contributed by atoms with van der Waals surface area (Å²) in [5, 5.41) is 12.0. The third-order valence-electron chi connectivity index (χ3n) is 26.8. The highest BCUT2D eigenvalue weighted by Gasteiger charge is 2.60. The third kappa shape index (κ3) is 23.9. The number of nitrogens with two attached hydrogens (primary N) is 4. The van der Waals surface area contributed by atoms with Crippen LogP contribution in [0.5, 0.6) is 0 Å². The minimum absolute atomic E-state index is 0.103. The van der Waals surface area contributed by atoms with E-state index in [1.54, 1.807) is 236 Å². The molecule has 16 rings (SSSR count). The van der Waals surface area contributed by atoms with Crippen molar-refractivity contribution >= 4 is 130 Å². The van der Waals surface area contributed by atoms with Gasteiger partial charge < -0.3 is 67.2 Å². The number of nitrogen functional groups attached to an aromatic ring is 4. The molecule has 11 aromatic rings. The number of likely N-dealkylation sites (N-methyl/N-ethyl adjacent to an activating group) is 4. The van der Waals surface area contributed by atoms with Crippen LogP contribution in [0.1, 0.15) is 147 Å². The van der Waals surface area contributed by atoms with Gasteiger partial charge in [-0.15, -0.1) is 0 Å². The molecule has 0 spiro atoms. The summed E-state index contributed by atoms with van der Waals surface area (Å²) < 4.78 is 41.0. The SMILES string of the molecule is CC[C@@H](NC(=O)N1C(=O)[C@H](Cc2cc(C)nc(N)c2)[C@H]1C(=O)N(C)c1nccn1C)c1cccc(F)c1.CC[C@@H](NC(=O)N1C(=O)[C@H](Cc2ccnc(N)c2)[C@H]1C(=O)N(C)c1nccn1C)C1CCCCO1.CC[C@@H](NC(=O)N1C(=O)[C@H](Cc2ccnc(N)c2)[C@H]1C(=O)N(C)c1nccn1C)c1ccc(C)cc1F.CC[C@@H](NC(=O)N1C(=O)[C@H](Cc2ccnc(N)c2)[C@H]1C(=O)N(C)c1nccn1C)c1ccc(Cl)cc1C. The van der Waals surface area contributed by atoms with E-state index in [-0.39, 0.29) is 55.6 Å². The van der Waals surface area contributed by atoms with Crippen molar-refractivity contribution in [1.82, 2.24) is 99.0 Å². The second-order valence-electron chi connectivity index (χ2n) is 36.8. The van der Waals surface area contributed by atoms with Crippen LogP contribution in [0, 0.1) is 56.1 Å². The van der Waals surface area contributed by atoms with Gasteiger partial charge in [-0.3, -0.25) is 77.6 Å². The van der Waals surface area contributed by atoms with Crippen molar-refractivity contribution in [2.75, 3.05) is 77.3 Å². The molecule has 0 bridgehead atoms. The van der Waals surface area contributed by atoms with Crippen LogP contribution < -0.4 is 63.8 Å². The van der Waals surface area contributed by atoms with Crippen molar-refractivity contribution in [3.63, 3.8) is 0 Å². The Morgan fingerprint density at radius 1 is 0.425 bits per heavy atom. The van der Waals surface area contributed by atoms with Crippen LogP contribution in [0.3, 0.4) is 0 Å². The second kappa shape index (κ2) is 47.1. The van der Waals surface area contributed by atoms with Crippen LogP contribution in [-0.2, 0) is 97.0 Å². The second-order valence-corrected chi connectivity index (χ2v) is 37.2. The number of likely N-dealkylation sites (tertiary alicyclic amines) is 4. The Hall–Kier alpha value is -16.0. The Morgan fingerprint density at radius 2 is 0.795 bits per heavy atom. The monoisotopic (exact) mass is 2020 g/mol. The molecular weight excluding hydrogens is 1900 g/mol. The van der Waals surface area contributed by atoms with Gasteiger partial charge in [0, 0.05) is 147 Å². The summed E-state index contributed by atoms with van der Waals surface area (Å²) in [6.45, 7) is 13.7. The van der Waals surface area contributed by atoms with Gasteiger partial charge in [0.2, 0.25) is 47.4 Å². The number of anilines is 8. The van der Waals surface area contributed by atoms with Gasteiger partial charge in [-0.25, -0.2) is 67.8 Å². The van der Waals surface area contributed by atoms with Gasteiger partial charge in [0.05, 0.1) is 53.9 Å². The number of carbonyl (C=O) groups is 12. The number of halogens is 3. The average Bonchev–Trinajstić information content (AvgIpc) is 0.906. The number of benzene rings is 3. The number of carbonyl (C=O) groups excluding carboxylic acids is 12. The molecule has 13 atom stereocenters. The number of imidazole rings is 4. The van der Waals surface area contributed by atoms with Gasteiger partial charge in [-0.05, 0) is 215 Å². The molecule has 770 valence electrons. The van der Waals surface area contributed by atoms with Crippen molar-refractivity contribution in [3.8, 4) is 0 Å².